The van der Waals surface area contributed by atoms with E-state index in [4.69, 9.17) is 0 Å². The molecule has 0 fully saturated rings. The van der Waals surface area contributed by atoms with Crippen molar-refractivity contribution in [3.63, 3.8) is 0 Å². The number of hydrogen-bond donors (Lipinski definition) is 0. The molecule has 2 heteroatoms. The van der Waals surface area contributed by atoms with Crippen LogP contribution in [0.3, 0.4) is 0 Å². The molecule has 2 heterocycles. The van der Waals surface area contributed by atoms with E-state index in [-0.39, 0.29) is 0 Å². The number of rotatable bonds is 1. The van der Waals surface area contributed by atoms with Gasteiger partial charge in [0.15, 0.2) is 6.20 Å². The normalized spacial score (nSPS) is 12.1. The molecule has 0 saturated carbocycles. The van der Waals surface area contributed by atoms with Crippen molar-refractivity contribution in [3.05, 3.63) is 71.7 Å². The van der Waals surface area contributed by atoms with Crippen molar-refractivity contribution in [2.45, 2.75) is 13.3 Å². The summed E-state index contributed by atoms with van der Waals surface area (Å²) < 4.78 is 2.24. The van der Waals surface area contributed by atoms with Crippen molar-refractivity contribution >= 4 is 0 Å². The summed E-state index contributed by atoms with van der Waals surface area (Å²) >= 11 is 0. The van der Waals surface area contributed by atoms with Gasteiger partial charge in [-0.3, -0.25) is 4.98 Å². The van der Waals surface area contributed by atoms with E-state index in [1.807, 2.05) is 12.4 Å². The minimum atomic E-state index is 0.992. The van der Waals surface area contributed by atoms with Crippen molar-refractivity contribution in [2.24, 2.45) is 7.05 Å². The summed E-state index contributed by atoms with van der Waals surface area (Å²) in [5.74, 6) is 0. The van der Waals surface area contributed by atoms with Crippen LogP contribution in [0.1, 0.15) is 16.7 Å². The maximum absolute atomic E-state index is 4.29. The van der Waals surface area contributed by atoms with Gasteiger partial charge in [0.05, 0.1) is 0 Å². The number of fused-ring (bicyclic) bond motifs is 3. The molecule has 0 atom stereocenters. The largest absolute Gasteiger partial charge is 0.264 e. The topological polar surface area (TPSA) is 16.8 Å². The summed E-state index contributed by atoms with van der Waals surface area (Å²) in [6, 6.07) is 13.0. The number of pyridine rings is 2. The SMILES string of the molecule is Cc1ccccc1-c1c2c(cc[n+]1C)-c1cnccc1C2. The van der Waals surface area contributed by atoms with Crippen LogP contribution in [0.5, 0.6) is 0 Å². The molecule has 0 spiro atoms. The molecular weight excluding hydrogens is 256 g/mol. The second-order valence-electron chi connectivity index (χ2n) is 5.69. The lowest BCUT2D eigenvalue weighted by molar-refractivity contribution is -0.660. The van der Waals surface area contributed by atoms with Crippen LogP contribution in [-0.4, -0.2) is 4.98 Å². The first-order chi connectivity index (χ1) is 10.3. The van der Waals surface area contributed by atoms with Gasteiger partial charge in [0.1, 0.15) is 7.05 Å². The molecule has 2 nitrogen and oxygen atoms in total. The van der Waals surface area contributed by atoms with Crippen molar-refractivity contribution in [1.29, 1.82) is 0 Å². The summed E-state index contributed by atoms with van der Waals surface area (Å²) in [6.45, 7) is 2.18. The monoisotopic (exact) mass is 273 g/mol. The highest BCUT2D eigenvalue weighted by Gasteiger charge is 2.28. The molecule has 0 amide bonds. The van der Waals surface area contributed by atoms with Crippen molar-refractivity contribution < 1.29 is 4.57 Å². The van der Waals surface area contributed by atoms with E-state index >= 15 is 0 Å². The molecule has 3 aromatic rings. The molecule has 21 heavy (non-hydrogen) atoms. The molecule has 1 aliphatic rings. The Hall–Kier alpha value is -2.48. The highest BCUT2D eigenvalue weighted by atomic mass is 14.9. The van der Waals surface area contributed by atoms with Crippen LogP contribution >= 0.6 is 0 Å². The van der Waals surface area contributed by atoms with Crippen molar-refractivity contribution in [2.75, 3.05) is 0 Å². The first-order valence-electron chi connectivity index (χ1n) is 7.26. The molecule has 0 saturated heterocycles. The average molecular weight is 273 g/mol. The first-order valence-corrected chi connectivity index (χ1v) is 7.26. The molecule has 4 rings (SSSR count). The predicted octanol–water partition coefficient (Wildman–Crippen LogP) is 3.45. The number of hydrogen-bond acceptors (Lipinski definition) is 1. The Labute approximate surface area is 124 Å². The van der Waals surface area contributed by atoms with Gasteiger partial charge in [0.2, 0.25) is 5.69 Å². The van der Waals surface area contributed by atoms with Crippen LogP contribution in [0, 0.1) is 6.92 Å². The van der Waals surface area contributed by atoms with Crippen LogP contribution in [-0.2, 0) is 13.5 Å². The third kappa shape index (κ3) is 1.79. The van der Waals surface area contributed by atoms with Gasteiger partial charge in [-0.25, -0.2) is 4.57 Å². The third-order valence-corrected chi connectivity index (χ3v) is 4.40. The number of aryl methyl sites for hydroxylation is 2. The Balaban J connectivity index is 2.01. The van der Waals surface area contributed by atoms with Gasteiger partial charge < -0.3 is 0 Å². The summed E-state index contributed by atoms with van der Waals surface area (Å²) in [5.41, 5.74) is 9.35. The van der Waals surface area contributed by atoms with Crippen LogP contribution in [0.4, 0.5) is 0 Å². The standard InChI is InChI=1S/C19H17N2/c1-13-5-3-4-6-15(13)19-17-11-14-7-9-20-12-18(14)16(17)8-10-21(19)2/h3-10,12H,11H2,1-2H3/q+1. The molecular formula is C19H17N2+. The Morgan fingerprint density at radius 1 is 1.00 bits per heavy atom. The van der Waals surface area contributed by atoms with Gasteiger partial charge in [0.25, 0.3) is 0 Å². The van der Waals surface area contributed by atoms with Crippen LogP contribution in [0.25, 0.3) is 22.4 Å². The highest BCUT2D eigenvalue weighted by molar-refractivity contribution is 5.81. The Morgan fingerprint density at radius 3 is 2.71 bits per heavy atom. The van der Waals surface area contributed by atoms with Gasteiger partial charge >= 0.3 is 0 Å². The van der Waals surface area contributed by atoms with Crippen LogP contribution < -0.4 is 4.57 Å². The fourth-order valence-corrected chi connectivity index (χ4v) is 3.33. The highest BCUT2D eigenvalue weighted by Crippen LogP contribution is 2.39. The van der Waals surface area contributed by atoms with Gasteiger partial charge in [0, 0.05) is 41.6 Å². The lowest BCUT2D eigenvalue weighted by Gasteiger charge is -2.08. The fraction of sp³-hybridized carbons (Fsp3) is 0.158. The number of nitrogens with zero attached hydrogens (tertiary/aromatic N) is 2. The van der Waals surface area contributed by atoms with Gasteiger partial charge in [-0.1, -0.05) is 18.2 Å². The van der Waals surface area contributed by atoms with E-state index in [1.165, 1.54) is 39.1 Å². The number of benzene rings is 1. The van der Waals surface area contributed by atoms with E-state index in [1.54, 1.807) is 0 Å². The summed E-state index contributed by atoms with van der Waals surface area (Å²) in [7, 11) is 2.13. The maximum Gasteiger partial charge on any atom is 0.216 e. The van der Waals surface area contributed by atoms with Crippen molar-refractivity contribution in [1.82, 2.24) is 4.98 Å². The molecule has 2 aromatic heterocycles. The lowest BCUT2D eigenvalue weighted by Crippen LogP contribution is -2.32. The van der Waals surface area contributed by atoms with E-state index in [0.29, 0.717) is 0 Å². The minimum Gasteiger partial charge on any atom is -0.264 e. The van der Waals surface area contributed by atoms with Gasteiger partial charge in [-0.15, -0.1) is 0 Å². The molecule has 1 aromatic carbocycles. The Bertz CT molecular complexity index is 850. The van der Waals surface area contributed by atoms with E-state index in [9.17, 15) is 0 Å². The molecule has 0 bridgehead atoms. The second kappa shape index (κ2) is 4.52. The van der Waals surface area contributed by atoms with Gasteiger partial charge in [-0.2, -0.15) is 0 Å². The smallest absolute Gasteiger partial charge is 0.216 e. The lowest BCUT2D eigenvalue weighted by atomic mass is 9.98. The molecule has 0 unspecified atom stereocenters. The van der Waals surface area contributed by atoms with Crippen LogP contribution in [0.15, 0.2) is 55.0 Å². The van der Waals surface area contributed by atoms with E-state index < -0.39 is 0 Å². The van der Waals surface area contributed by atoms with Crippen molar-refractivity contribution in [3.8, 4) is 22.4 Å². The third-order valence-electron chi connectivity index (χ3n) is 4.40. The molecule has 0 aliphatic heterocycles. The van der Waals surface area contributed by atoms with E-state index in [0.717, 1.165) is 6.42 Å². The molecule has 0 radical (unpaired) electrons. The average Bonchev–Trinajstić information content (AvgIpc) is 2.87. The first kappa shape index (κ1) is 12.3. The van der Waals surface area contributed by atoms with Gasteiger partial charge in [-0.05, 0) is 35.7 Å². The second-order valence-corrected chi connectivity index (χ2v) is 5.69. The fourth-order valence-electron chi connectivity index (χ4n) is 3.33. The quantitative estimate of drug-likeness (QED) is 0.485. The maximum atomic E-state index is 4.29. The van der Waals surface area contributed by atoms with E-state index in [2.05, 4.69) is 66.1 Å². The Kier molecular flexibility index (Phi) is 2.64. The zero-order valence-corrected chi connectivity index (χ0v) is 12.3. The minimum absolute atomic E-state index is 0.992. The zero-order valence-electron chi connectivity index (χ0n) is 12.3. The molecule has 0 N–H and O–H groups in total. The molecule has 102 valence electrons. The summed E-state index contributed by atoms with van der Waals surface area (Å²) in [5, 5.41) is 0. The molecule has 1 aliphatic carbocycles. The zero-order chi connectivity index (χ0) is 14.4. The summed E-state index contributed by atoms with van der Waals surface area (Å²) in [6.07, 6.45) is 7.02. The summed E-state index contributed by atoms with van der Waals surface area (Å²) in [4.78, 5) is 4.29. The number of aromatic nitrogens is 2. The predicted molar refractivity (Wildman–Crippen MR) is 83.8 cm³/mol. The van der Waals surface area contributed by atoms with Crippen LogP contribution in [0.2, 0.25) is 0 Å². The Morgan fingerprint density at radius 2 is 1.86 bits per heavy atom.